The molecule has 0 amide bonds. The number of benzene rings is 1. The van der Waals surface area contributed by atoms with Crippen molar-refractivity contribution in [2.75, 3.05) is 12.4 Å². The van der Waals surface area contributed by atoms with E-state index >= 15 is 0 Å². The summed E-state index contributed by atoms with van der Waals surface area (Å²) < 4.78 is 9.94. The molecule has 1 aromatic carbocycles. The fourth-order valence-electron chi connectivity index (χ4n) is 1.46. The zero-order chi connectivity index (χ0) is 12.1. The average molecular weight is 248 g/mol. The molecule has 0 aliphatic carbocycles. The van der Waals surface area contributed by atoms with Gasteiger partial charge >= 0.3 is 6.16 Å². The first kappa shape index (κ1) is 11.8. The molecule has 0 spiro atoms. The topological polar surface area (TPSA) is 35.5 Å². The van der Waals surface area contributed by atoms with Crippen LogP contribution in [0, 0.1) is 0 Å². The Balaban J connectivity index is 2.09. The van der Waals surface area contributed by atoms with E-state index in [0.29, 0.717) is 5.76 Å². The molecule has 2 rings (SSSR count). The van der Waals surface area contributed by atoms with E-state index in [0.717, 1.165) is 16.2 Å². The third-order valence-corrected chi connectivity index (χ3v) is 3.17. The highest BCUT2D eigenvalue weighted by Crippen LogP contribution is 2.33. The van der Waals surface area contributed by atoms with Gasteiger partial charge in [0, 0.05) is 16.2 Å². The largest absolute Gasteiger partial charge is 0.514 e. The lowest BCUT2D eigenvalue weighted by Crippen LogP contribution is -2.08. The molecule has 1 heterocycles. The molecular weight excluding hydrogens is 236 g/mol. The second-order valence-corrected chi connectivity index (χ2v) is 4.39. The monoisotopic (exact) mass is 248 g/mol. The van der Waals surface area contributed by atoms with Crippen LogP contribution in [-0.2, 0) is 9.47 Å². The first-order valence-corrected chi connectivity index (χ1v) is 6.17. The predicted molar refractivity (Wildman–Crippen MR) is 67.8 cm³/mol. The van der Waals surface area contributed by atoms with Crippen LogP contribution in [-0.4, -0.2) is 18.5 Å². The number of hydrogen-bond donors (Lipinski definition) is 0. The van der Waals surface area contributed by atoms with Gasteiger partial charge in [-0.3, -0.25) is 0 Å². The Kier molecular flexibility index (Phi) is 3.88. The second-order valence-electron chi connectivity index (χ2n) is 3.33. The van der Waals surface area contributed by atoms with Crippen LogP contribution >= 0.6 is 11.8 Å². The van der Waals surface area contributed by atoms with Gasteiger partial charge in [-0.1, -0.05) is 30.9 Å². The number of carbonyl (C=O) groups is 1. The van der Waals surface area contributed by atoms with Gasteiger partial charge in [0.2, 0.25) is 0 Å². The second kappa shape index (κ2) is 5.59. The van der Waals surface area contributed by atoms with E-state index in [1.807, 2.05) is 30.3 Å². The Morgan fingerprint density at radius 1 is 1.47 bits per heavy atom. The normalized spacial score (nSPS) is 13.3. The fraction of sp³-hybridized carbons (Fsp3) is 0.154. The van der Waals surface area contributed by atoms with Gasteiger partial charge in [-0.25, -0.2) is 4.79 Å². The summed E-state index contributed by atoms with van der Waals surface area (Å²) in [6, 6.07) is 7.81. The molecule has 0 radical (unpaired) electrons. The molecule has 0 N–H and O–H groups in total. The molecule has 0 aromatic heterocycles. The maximum Gasteiger partial charge on any atom is 0.514 e. The summed E-state index contributed by atoms with van der Waals surface area (Å²) in [6.45, 7) is 3.62. The van der Waals surface area contributed by atoms with Crippen molar-refractivity contribution in [3.05, 3.63) is 48.6 Å². The quantitative estimate of drug-likeness (QED) is 0.606. The van der Waals surface area contributed by atoms with E-state index < -0.39 is 6.16 Å². The van der Waals surface area contributed by atoms with Gasteiger partial charge in [-0.05, 0) is 12.1 Å². The summed E-state index contributed by atoms with van der Waals surface area (Å²) >= 11 is 1.71. The van der Waals surface area contributed by atoms with Crippen LogP contribution in [0.5, 0.6) is 0 Å². The molecule has 0 saturated carbocycles. The molecule has 0 unspecified atom stereocenters. The van der Waals surface area contributed by atoms with Gasteiger partial charge in [0.1, 0.15) is 12.4 Å². The van der Waals surface area contributed by atoms with Crippen LogP contribution in [0.25, 0.3) is 5.76 Å². The molecule has 1 aliphatic rings. The zero-order valence-electron chi connectivity index (χ0n) is 9.22. The highest BCUT2D eigenvalue weighted by molar-refractivity contribution is 7.99. The standard InChI is InChI=1S/C13H12O3S/c1-2-8-15-13(14)16-11-7-9-17-12-6-4-3-5-10(11)12/h2-7H,1,8-9H2. The first-order valence-electron chi connectivity index (χ1n) is 5.19. The van der Waals surface area contributed by atoms with Gasteiger partial charge in [0.15, 0.2) is 0 Å². The minimum absolute atomic E-state index is 0.155. The molecule has 1 aliphatic heterocycles. The van der Waals surface area contributed by atoms with Gasteiger partial charge in [0.05, 0.1) is 0 Å². The van der Waals surface area contributed by atoms with Crippen molar-refractivity contribution in [3.8, 4) is 0 Å². The van der Waals surface area contributed by atoms with Gasteiger partial charge in [-0.2, -0.15) is 0 Å². The van der Waals surface area contributed by atoms with E-state index in [-0.39, 0.29) is 6.61 Å². The third kappa shape index (κ3) is 2.91. The van der Waals surface area contributed by atoms with Crippen molar-refractivity contribution in [2.45, 2.75) is 4.90 Å². The van der Waals surface area contributed by atoms with Crippen molar-refractivity contribution in [1.29, 1.82) is 0 Å². The van der Waals surface area contributed by atoms with Crippen LogP contribution in [0.15, 0.2) is 47.9 Å². The van der Waals surface area contributed by atoms with E-state index in [9.17, 15) is 4.79 Å². The molecule has 4 heteroatoms. The fourth-order valence-corrected chi connectivity index (χ4v) is 2.37. The number of fused-ring (bicyclic) bond motifs is 1. The van der Waals surface area contributed by atoms with Crippen LogP contribution in [0.2, 0.25) is 0 Å². The van der Waals surface area contributed by atoms with Crippen molar-refractivity contribution in [3.63, 3.8) is 0 Å². The highest BCUT2D eigenvalue weighted by atomic mass is 32.2. The van der Waals surface area contributed by atoms with Crippen LogP contribution in [0.1, 0.15) is 5.56 Å². The Morgan fingerprint density at radius 2 is 2.29 bits per heavy atom. The van der Waals surface area contributed by atoms with Crippen molar-refractivity contribution < 1.29 is 14.3 Å². The summed E-state index contributed by atoms with van der Waals surface area (Å²) in [5, 5.41) is 0. The number of rotatable bonds is 3. The minimum Gasteiger partial charge on any atom is -0.430 e. The molecule has 88 valence electrons. The molecule has 17 heavy (non-hydrogen) atoms. The van der Waals surface area contributed by atoms with Gasteiger partial charge in [0.25, 0.3) is 0 Å². The average Bonchev–Trinajstić information content (AvgIpc) is 2.37. The highest BCUT2D eigenvalue weighted by Gasteiger charge is 2.17. The maximum atomic E-state index is 11.3. The van der Waals surface area contributed by atoms with Crippen LogP contribution < -0.4 is 0 Å². The lowest BCUT2D eigenvalue weighted by atomic mass is 10.2. The molecule has 0 fully saturated rings. The van der Waals surface area contributed by atoms with E-state index in [2.05, 4.69) is 6.58 Å². The van der Waals surface area contributed by atoms with Crippen LogP contribution in [0.3, 0.4) is 0 Å². The predicted octanol–water partition coefficient (Wildman–Crippen LogP) is 3.47. The lowest BCUT2D eigenvalue weighted by Gasteiger charge is -2.16. The lowest BCUT2D eigenvalue weighted by molar-refractivity contribution is 0.100. The summed E-state index contributed by atoms with van der Waals surface area (Å²) in [6.07, 6.45) is 2.68. The van der Waals surface area contributed by atoms with Crippen molar-refractivity contribution in [2.24, 2.45) is 0 Å². The van der Waals surface area contributed by atoms with E-state index in [1.165, 1.54) is 6.08 Å². The number of thioether (sulfide) groups is 1. The van der Waals surface area contributed by atoms with Gasteiger partial charge in [-0.15, -0.1) is 11.8 Å². The van der Waals surface area contributed by atoms with E-state index in [1.54, 1.807) is 11.8 Å². The van der Waals surface area contributed by atoms with Crippen molar-refractivity contribution in [1.82, 2.24) is 0 Å². The van der Waals surface area contributed by atoms with Crippen LogP contribution in [0.4, 0.5) is 4.79 Å². The number of carbonyl (C=O) groups excluding carboxylic acids is 1. The maximum absolute atomic E-state index is 11.3. The van der Waals surface area contributed by atoms with E-state index in [4.69, 9.17) is 9.47 Å². The Morgan fingerprint density at radius 3 is 3.12 bits per heavy atom. The summed E-state index contributed by atoms with van der Waals surface area (Å²) in [4.78, 5) is 12.5. The SMILES string of the molecule is C=CCOC(=O)OC1=CCSc2ccccc21. The third-order valence-electron chi connectivity index (χ3n) is 2.17. The number of ether oxygens (including phenoxy) is 2. The minimum atomic E-state index is -0.696. The Bertz CT molecular complexity index is 465. The smallest absolute Gasteiger partial charge is 0.430 e. The molecule has 1 aromatic rings. The Labute approximate surface area is 104 Å². The summed E-state index contributed by atoms with van der Waals surface area (Å²) in [5.41, 5.74) is 0.930. The Hall–Kier alpha value is -1.68. The summed E-state index contributed by atoms with van der Waals surface area (Å²) in [5.74, 6) is 1.36. The first-order chi connectivity index (χ1) is 8.31. The molecule has 0 atom stereocenters. The molecule has 3 nitrogen and oxygen atoms in total. The molecule has 0 saturated heterocycles. The number of hydrogen-bond acceptors (Lipinski definition) is 4. The van der Waals surface area contributed by atoms with Crippen molar-refractivity contribution >= 4 is 23.7 Å². The molecular formula is C13H12O3S. The summed E-state index contributed by atoms with van der Waals surface area (Å²) in [7, 11) is 0. The zero-order valence-corrected chi connectivity index (χ0v) is 10.0. The molecule has 0 bridgehead atoms. The van der Waals surface area contributed by atoms with Gasteiger partial charge < -0.3 is 9.47 Å².